The van der Waals surface area contributed by atoms with Crippen LogP contribution in [-0.2, 0) is 9.53 Å². The number of cyclic esters (lactones) is 1. The number of rotatable bonds is 2. The van der Waals surface area contributed by atoms with Gasteiger partial charge in [-0.05, 0) is 50.4 Å². The van der Waals surface area contributed by atoms with Crippen LogP contribution in [0.1, 0.15) is 58.3 Å². The van der Waals surface area contributed by atoms with Crippen LogP contribution in [-0.4, -0.2) is 24.7 Å². The summed E-state index contributed by atoms with van der Waals surface area (Å²) in [6, 6.07) is 1.16. The Balaban J connectivity index is 1.52. The van der Waals surface area contributed by atoms with Crippen molar-refractivity contribution in [3.63, 3.8) is 0 Å². The van der Waals surface area contributed by atoms with E-state index in [-0.39, 0.29) is 11.9 Å². The third kappa shape index (κ3) is 3.09. The summed E-state index contributed by atoms with van der Waals surface area (Å²) in [6.07, 6.45) is 15.3. The van der Waals surface area contributed by atoms with Crippen molar-refractivity contribution >= 4 is 5.97 Å². The van der Waals surface area contributed by atoms with E-state index in [9.17, 15) is 4.79 Å². The van der Waals surface area contributed by atoms with Gasteiger partial charge in [-0.3, -0.25) is 4.79 Å². The average molecular weight is 317 g/mol. The number of piperidine rings is 1. The molecule has 2 aliphatic heterocycles. The molecule has 0 aromatic rings. The van der Waals surface area contributed by atoms with Gasteiger partial charge in [-0.25, -0.2) is 0 Å². The number of allylic oxidation sites excluding steroid dienone is 1. The minimum atomic E-state index is 0.0850. The molecule has 0 aromatic carbocycles. The van der Waals surface area contributed by atoms with Gasteiger partial charge in [-0.15, -0.1) is 0 Å². The fourth-order valence-corrected chi connectivity index (χ4v) is 5.78. The molecular weight excluding hydrogens is 286 g/mol. The molecule has 0 radical (unpaired) electrons. The summed E-state index contributed by atoms with van der Waals surface area (Å²) in [5.74, 6) is 2.81. The lowest BCUT2D eigenvalue weighted by Gasteiger charge is -2.45. The molecule has 3 nitrogen and oxygen atoms in total. The molecule has 23 heavy (non-hydrogen) atoms. The first-order valence-electron chi connectivity index (χ1n) is 9.83. The Hall–Kier alpha value is -0.830. The zero-order valence-electron chi connectivity index (χ0n) is 14.4. The van der Waals surface area contributed by atoms with Gasteiger partial charge in [0, 0.05) is 18.0 Å². The SMILES string of the molecule is C[C@@H]1CCC[C@@H](C=C[C@@H]2[C@@H]3CCCC[C@H]3C[C@H]3C(=O)OC[C@@H]23)N1. The van der Waals surface area contributed by atoms with Gasteiger partial charge in [0.2, 0.25) is 0 Å². The van der Waals surface area contributed by atoms with E-state index < -0.39 is 0 Å². The van der Waals surface area contributed by atoms with Gasteiger partial charge in [0.05, 0.1) is 12.5 Å². The van der Waals surface area contributed by atoms with E-state index in [0.717, 1.165) is 18.3 Å². The fraction of sp³-hybridized carbons (Fsp3) is 0.850. The van der Waals surface area contributed by atoms with Gasteiger partial charge in [-0.1, -0.05) is 37.8 Å². The Bertz CT molecular complexity index is 474. The van der Waals surface area contributed by atoms with Gasteiger partial charge in [0.25, 0.3) is 0 Å². The molecule has 4 aliphatic rings. The maximum atomic E-state index is 12.1. The molecule has 2 heterocycles. The van der Waals surface area contributed by atoms with Crippen LogP contribution in [0.3, 0.4) is 0 Å². The van der Waals surface area contributed by atoms with Crippen molar-refractivity contribution in [2.75, 3.05) is 6.61 Å². The van der Waals surface area contributed by atoms with Crippen molar-refractivity contribution in [2.45, 2.75) is 70.4 Å². The Morgan fingerprint density at radius 1 is 1.04 bits per heavy atom. The smallest absolute Gasteiger partial charge is 0.309 e. The van der Waals surface area contributed by atoms with E-state index in [1.807, 2.05) is 0 Å². The molecule has 2 saturated carbocycles. The minimum Gasteiger partial charge on any atom is -0.465 e. The lowest BCUT2D eigenvalue weighted by atomic mass is 9.58. The summed E-state index contributed by atoms with van der Waals surface area (Å²) in [5, 5.41) is 3.71. The number of nitrogens with one attached hydrogen (secondary N) is 1. The van der Waals surface area contributed by atoms with Crippen LogP contribution >= 0.6 is 0 Å². The highest BCUT2D eigenvalue weighted by Crippen LogP contribution is 2.51. The number of fused-ring (bicyclic) bond motifs is 2. The van der Waals surface area contributed by atoms with Crippen LogP contribution in [0.2, 0.25) is 0 Å². The molecule has 0 spiro atoms. The number of carbonyl (C=O) groups excluding carboxylic acids is 1. The van der Waals surface area contributed by atoms with Crippen LogP contribution in [0.4, 0.5) is 0 Å². The fourth-order valence-electron chi connectivity index (χ4n) is 5.78. The van der Waals surface area contributed by atoms with Crippen molar-refractivity contribution in [3.8, 4) is 0 Å². The molecule has 7 atom stereocenters. The first kappa shape index (κ1) is 15.7. The van der Waals surface area contributed by atoms with Crippen molar-refractivity contribution < 1.29 is 9.53 Å². The minimum absolute atomic E-state index is 0.0850. The summed E-state index contributed by atoms with van der Waals surface area (Å²) in [4.78, 5) is 12.1. The number of esters is 1. The topological polar surface area (TPSA) is 38.3 Å². The van der Waals surface area contributed by atoms with Crippen LogP contribution in [0.5, 0.6) is 0 Å². The largest absolute Gasteiger partial charge is 0.465 e. The van der Waals surface area contributed by atoms with Crippen molar-refractivity contribution in [2.24, 2.45) is 29.6 Å². The van der Waals surface area contributed by atoms with Crippen molar-refractivity contribution in [3.05, 3.63) is 12.2 Å². The van der Waals surface area contributed by atoms with Crippen molar-refractivity contribution in [1.82, 2.24) is 5.32 Å². The molecular formula is C20H31NO2. The monoisotopic (exact) mass is 317 g/mol. The Kier molecular flexibility index (Phi) is 4.49. The maximum absolute atomic E-state index is 12.1. The summed E-state index contributed by atoms with van der Waals surface area (Å²) in [6.45, 7) is 2.95. The number of ether oxygens (including phenoxy) is 1. The van der Waals surface area contributed by atoms with Crippen LogP contribution in [0, 0.1) is 29.6 Å². The van der Waals surface area contributed by atoms with E-state index in [1.165, 1.54) is 44.9 Å². The average Bonchev–Trinajstić information content (AvgIpc) is 2.93. The molecule has 2 aliphatic carbocycles. The van der Waals surface area contributed by atoms with Gasteiger partial charge in [0.15, 0.2) is 0 Å². The summed E-state index contributed by atoms with van der Waals surface area (Å²) >= 11 is 0. The lowest BCUT2D eigenvalue weighted by Crippen LogP contribution is -2.42. The van der Waals surface area contributed by atoms with Gasteiger partial charge in [0.1, 0.15) is 0 Å². The third-order valence-electron chi connectivity index (χ3n) is 6.97. The predicted molar refractivity (Wildman–Crippen MR) is 90.9 cm³/mol. The number of hydrogen-bond acceptors (Lipinski definition) is 3. The molecule has 0 bridgehead atoms. The number of carbonyl (C=O) groups is 1. The Morgan fingerprint density at radius 2 is 1.91 bits per heavy atom. The second-order valence-corrected chi connectivity index (χ2v) is 8.41. The van der Waals surface area contributed by atoms with Crippen LogP contribution in [0.25, 0.3) is 0 Å². The van der Waals surface area contributed by atoms with E-state index in [4.69, 9.17) is 4.74 Å². The highest BCUT2D eigenvalue weighted by molar-refractivity contribution is 5.75. The zero-order chi connectivity index (χ0) is 15.8. The van der Waals surface area contributed by atoms with E-state index >= 15 is 0 Å². The van der Waals surface area contributed by atoms with Crippen molar-refractivity contribution in [1.29, 1.82) is 0 Å². The molecule has 0 aromatic heterocycles. The highest BCUT2D eigenvalue weighted by atomic mass is 16.5. The van der Waals surface area contributed by atoms with E-state index in [2.05, 4.69) is 24.4 Å². The summed E-state index contributed by atoms with van der Waals surface area (Å²) in [5.41, 5.74) is 0. The first-order chi connectivity index (χ1) is 11.2. The second-order valence-electron chi connectivity index (χ2n) is 8.41. The third-order valence-corrected chi connectivity index (χ3v) is 6.97. The molecule has 128 valence electrons. The maximum Gasteiger partial charge on any atom is 0.309 e. The quantitative estimate of drug-likeness (QED) is 0.623. The predicted octanol–water partition coefficient (Wildman–Crippen LogP) is 3.69. The lowest BCUT2D eigenvalue weighted by molar-refractivity contribution is -0.142. The second kappa shape index (κ2) is 6.58. The van der Waals surface area contributed by atoms with Gasteiger partial charge >= 0.3 is 5.97 Å². The molecule has 0 unspecified atom stereocenters. The van der Waals surface area contributed by atoms with Crippen LogP contribution in [0.15, 0.2) is 12.2 Å². The van der Waals surface area contributed by atoms with Gasteiger partial charge in [-0.2, -0.15) is 0 Å². The van der Waals surface area contributed by atoms with E-state index in [1.54, 1.807) is 0 Å². The number of hydrogen-bond donors (Lipinski definition) is 1. The van der Waals surface area contributed by atoms with Crippen LogP contribution < -0.4 is 5.32 Å². The Labute approximate surface area is 140 Å². The zero-order valence-corrected chi connectivity index (χ0v) is 14.4. The summed E-state index contributed by atoms with van der Waals surface area (Å²) < 4.78 is 5.46. The highest BCUT2D eigenvalue weighted by Gasteiger charge is 2.50. The standard InChI is InChI=1S/C20H31NO2/c1-13-5-4-7-15(21-13)9-10-17-16-8-3-2-6-14(16)11-18-19(17)12-23-20(18)22/h9-10,13-19,21H,2-8,11-12H2,1H3/t13-,14+,15+,16-,17-,18-,19+/m1/s1. The summed E-state index contributed by atoms with van der Waals surface area (Å²) in [7, 11) is 0. The molecule has 0 amide bonds. The van der Waals surface area contributed by atoms with E-state index in [0.29, 0.717) is 30.5 Å². The molecule has 4 fully saturated rings. The normalized spacial score (nSPS) is 47.2. The Morgan fingerprint density at radius 3 is 2.78 bits per heavy atom. The molecule has 1 N–H and O–H groups in total. The molecule has 2 saturated heterocycles. The molecule has 4 rings (SSSR count). The first-order valence-corrected chi connectivity index (χ1v) is 9.83. The molecule has 3 heteroatoms. The van der Waals surface area contributed by atoms with Gasteiger partial charge < -0.3 is 10.1 Å².